The summed E-state index contributed by atoms with van der Waals surface area (Å²) in [4.78, 5) is 2.49. The third-order valence-corrected chi connectivity index (χ3v) is 3.86. The fourth-order valence-corrected chi connectivity index (χ4v) is 2.69. The van der Waals surface area contributed by atoms with Crippen LogP contribution in [0.2, 0.25) is 0 Å². The summed E-state index contributed by atoms with van der Waals surface area (Å²) in [5.74, 6) is 0. The molecule has 0 spiro atoms. The minimum Gasteiger partial charge on any atom is -0.314 e. The van der Waals surface area contributed by atoms with E-state index in [9.17, 15) is 0 Å². The van der Waals surface area contributed by atoms with E-state index in [0.29, 0.717) is 0 Å². The molecule has 19 heavy (non-hydrogen) atoms. The molecular formula is C16H23N3. The van der Waals surface area contributed by atoms with E-state index in [1.807, 2.05) is 6.92 Å². The van der Waals surface area contributed by atoms with Gasteiger partial charge in [-0.1, -0.05) is 24.3 Å². The third kappa shape index (κ3) is 4.05. The molecule has 1 aliphatic rings. The van der Waals surface area contributed by atoms with Crippen LogP contribution in [0.4, 0.5) is 0 Å². The van der Waals surface area contributed by atoms with Crippen molar-refractivity contribution in [2.45, 2.75) is 44.7 Å². The molecule has 0 saturated carbocycles. The molecule has 1 heterocycles. The fraction of sp³-hybridized carbons (Fsp3) is 0.562. The molecule has 0 radical (unpaired) electrons. The van der Waals surface area contributed by atoms with E-state index in [1.165, 1.54) is 24.0 Å². The number of fused-ring (bicyclic) bond motifs is 1. The highest BCUT2D eigenvalue weighted by molar-refractivity contribution is 5.27. The van der Waals surface area contributed by atoms with Crippen molar-refractivity contribution < 1.29 is 0 Å². The second kappa shape index (κ2) is 6.18. The number of rotatable bonds is 4. The second-order valence-electron chi connectivity index (χ2n) is 5.78. The molecule has 1 aromatic rings. The molecule has 3 heteroatoms. The summed E-state index contributed by atoms with van der Waals surface area (Å²) < 4.78 is 0. The van der Waals surface area contributed by atoms with Crippen LogP contribution in [0.15, 0.2) is 24.3 Å². The van der Waals surface area contributed by atoms with Gasteiger partial charge in [-0.05, 0) is 56.8 Å². The van der Waals surface area contributed by atoms with Crippen molar-refractivity contribution in [2.75, 3.05) is 13.1 Å². The molecule has 0 fully saturated rings. The number of hydrogen-bond donors (Lipinski definition) is 1. The lowest BCUT2D eigenvalue weighted by Crippen LogP contribution is -2.35. The van der Waals surface area contributed by atoms with Gasteiger partial charge < -0.3 is 5.73 Å². The van der Waals surface area contributed by atoms with Gasteiger partial charge in [0.25, 0.3) is 0 Å². The molecule has 102 valence electrons. The zero-order chi connectivity index (χ0) is 13.7. The maximum absolute atomic E-state index is 8.92. The highest BCUT2D eigenvalue weighted by Gasteiger charge is 2.18. The van der Waals surface area contributed by atoms with Crippen molar-refractivity contribution in [3.8, 4) is 6.07 Å². The minimum atomic E-state index is -0.677. The lowest BCUT2D eigenvalue weighted by Gasteiger charge is -2.22. The van der Waals surface area contributed by atoms with Crippen molar-refractivity contribution in [1.29, 1.82) is 5.26 Å². The van der Waals surface area contributed by atoms with E-state index in [-0.39, 0.29) is 0 Å². The Kier molecular flexibility index (Phi) is 4.57. The van der Waals surface area contributed by atoms with E-state index in [2.05, 4.69) is 35.2 Å². The molecule has 2 rings (SSSR count). The van der Waals surface area contributed by atoms with Crippen molar-refractivity contribution in [3.05, 3.63) is 35.4 Å². The lowest BCUT2D eigenvalue weighted by atomic mass is 9.99. The highest BCUT2D eigenvalue weighted by atomic mass is 15.1. The minimum absolute atomic E-state index is 0.677. The smallest absolute Gasteiger partial charge is 0.101 e. The number of benzene rings is 1. The predicted molar refractivity (Wildman–Crippen MR) is 77.5 cm³/mol. The van der Waals surface area contributed by atoms with Crippen molar-refractivity contribution in [2.24, 2.45) is 5.73 Å². The van der Waals surface area contributed by atoms with Gasteiger partial charge in [0.1, 0.15) is 5.54 Å². The molecule has 1 atom stereocenters. The van der Waals surface area contributed by atoms with Crippen LogP contribution in [0.5, 0.6) is 0 Å². The predicted octanol–water partition coefficient (Wildman–Crippen LogP) is 2.46. The summed E-state index contributed by atoms with van der Waals surface area (Å²) in [6, 6.07) is 10.9. The van der Waals surface area contributed by atoms with Gasteiger partial charge >= 0.3 is 0 Å². The Morgan fingerprint density at radius 3 is 2.84 bits per heavy atom. The van der Waals surface area contributed by atoms with Crippen LogP contribution in [0, 0.1) is 11.3 Å². The Balaban J connectivity index is 1.88. The summed E-state index contributed by atoms with van der Waals surface area (Å²) in [5.41, 5.74) is 8.13. The fourth-order valence-electron chi connectivity index (χ4n) is 2.69. The lowest BCUT2D eigenvalue weighted by molar-refractivity contribution is 0.258. The highest BCUT2D eigenvalue weighted by Crippen LogP contribution is 2.19. The van der Waals surface area contributed by atoms with Crippen LogP contribution in [0.1, 0.15) is 37.3 Å². The first-order valence-electron chi connectivity index (χ1n) is 7.10. The molecule has 3 nitrogen and oxygen atoms in total. The van der Waals surface area contributed by atoms with Gasteiger partial charge in [0.15, 0.2) is 0 Å². The molecule has 0 saturated heterocycles. The van der Waals surface area contributed by atoms with Gasteiger partial charge in [0, 0.05) is 6.54 Å². The van der Waals surface area contributed by atoms with Crippen molar-refractivity contribution >= 4 is 0 Å². The van der Waals surface area contributed by atoms with E-state index < -0.39 is 5.54 Å². The van der Waals surface area contributed by atoms with Crippen LogP contribution in [0.3, 0.4) is 0 Å². The van der Waals surface area contributed by atoms with Crippen LogP contribution >= 0.6 is 0 Å². The zero-order valence-corrected chi connectivity index (χ0v) is 11.7. The number of nitrogens with zero attached hydrogens (tertiary/aromatic N) is 2. The molecule has 1 aliphatic heterocycles. The van der Waals surface area contributed by atoms with Gasteiger partial charge in [0.05, 0.1) is 6.07 Å². The average molecular weight is 257 g/mol. The van der Waals surface area contributed by atoms with E-state index >= 15 is 0 Å². The maximum Gasteiger partial charge on any atom is 0.101 e. The normalized spacial score (nSPS) is 19.0. The standard InChI is InChI=1S/C16H23N3/c1-16(18,13-17)9-5-11-19-10-4-8-14-6-2-3-7-15(14)12-19/h2-3,6-7H,4-5,8-12,18H2,1H3. The van der Waals surface area contributed by atoms with E-state index in [4.69, 9.17) is 11.0 Å². The molecule has 0 aromatic heterocycles. The quantitative estimate of drug-likeness (QED) is 0.901. The van der Waals surface area contributed by atoms with Crippen molar-refractivity contribution in [3.63, 3.8) is 0 Å². The van der Waals surface area contributed by atoms with Crippen LogP contribution in [-0.4, -0.2) is 23.5 Å². The summed E-state index contributed by atoms with van der Waals surface area (Å²) in [6.07, 6.45) is 4.15. The first-order chi connectivity index (χ1) is 9.11. The summed E-state index contributed by atoms with van der Waals surface area (Å²) in [5, 5.41) is 8.92. The zero-order valence-electron chi connectivity index (χ0n) is 11.7. The Morgan fingerprint density at radius 1 is 1.37 bits per heavy atom. The van der Waals surface area contributed by atoms with Crippen LogP contribution in [0.25, 0.3) is 0 Å². The van der Waals surface area contributed by atoms with Gasteiger partial charge in [-0.2, -0.15) is 5.26 Å². The number of nitriles is 1. The number of nitrogens with two attached hydrogens (primary N) is 1. The Bertz CT molecular complexity index is 459. The molecule has 1 aromatic carbocycles. The molecule has 0 bridgehead atoms. The summed E-state index contributed by atoms with van der Waals surface area (Å²) >= 11 is 0. The van der Waals surface area contributed by atoms with Gasteiger partial charge in [-0.25, -0.2) is 0 Å². The molecule has 1 unspecified atom stereocenters. The SMILES string of the molecule is CC(N)(C#N)CCCN1CCCc2ccccc2C1. The first kappa shape index (κ1) is 14.0. The average Bonchev–Trinajstić information content (AvgIpc) is 2.60. The number of aryl methyl sites for hydroxylation is 1. The van der Waals surface area contributed by atoms with Gasteiger partial charge in [-0.3, -0.25) is 4.90 Å². The molecule has 0 amide bonds. The van der Waals surface area contributed by atoms with Gasteiger partial charge in [-0.15, -0.1) is 0 Å². The Morgan fingerprint density at radius 2 is 2.11 bits per heavy atom. The third-order valence-electron chi connectivity index (χ3n) is 3.86. The second-order valence-corrected chi connectivity index (χ2v) is 5.78. The van der Waals surface area contributed by atoms with E-state index in [0.717, 1.165) is 32.5 Å². The molecular weight excluding hydrogens is 234 g/mol. The Labute approximate surface area is 116 Å². The summed E-state index contributed by atoms with van der Waals surface area (Å²) in [6.45, 7) is 5.01. The Hall–Kier alpha value is -1.37. The summed E-state index contributed by atoms with van der Waals surface area (Å²) in [7, 11) is 0. The van der Waals surface area contributed by atoms with Crippen LogP contribution < -0.4 is 5.73 Å². The van der Waals surface area contributed by atoms with Crippen molar-refractivity contribution in [1.82, 2.24) is 4.90 Å². The molecule has 2 N–H and O–H groups in total. The number of hydrogen-bond acceptors (Lipinski definition) is 3. The largest absolute Gasteiger partial charge is 0.314 e. The molecule has 0 aliphatic carbocycles. The monoisotopic (exact) mass is 257 g/mol. The topological polar surface area (TPSA) is 53.1 Å². The maximum atomic E-state index is 8.92. The first-order valence-corrected chi connectivity index (χ1v) is 7.10. The van der Waals surface area contributed by atoms with E-state index in [1.54, 1.807) is 0 Å². The van der Waals surface area contributed by atoms with Gasteiger partial charge in [0.2, 0.25) is 0 Å². The van der Waals surface area contributed by atoms with Crippen LogP contribution in [-0.2, 0) is 13.0 Å².